The fourth-order valence-corrected chi connectivity index (χ4v) is 3.81. The number of hydrogen-bond acceptors (Lipinski definition) is 4. The van der Waals surface area contributed by atoms with Crippen LogP contribution in [-0.2, 0) is 11.3 Å². The molecule has 1 aliphatic heterocycles. The Labute approximate surface area is 147 Å². The summed E-state index contributed by atoms with van der Waals surface area (Å²) < 4.78 is 12.3. The van der Waals surface area contributed by atoms with Crippen molar-refractivity contribution in [2.45, 2.75) is 25.5 Å². The molecule has 1 fully saturated rings. The van der Waals surface area contributed by atoms with Gasteiger partial charge in [-0.1, -0.05) is 0 Å². The molecule has 1 atom stereocenters. The van der Waals surface area contributed by atoms with Crippen LogP contribution in [0.1, 0.15) is 28.1 Å². The molecule has 1 N–H and O–H groups in total. The van der Waals surface area contributed by atoms with Gasteiger partial charge in [0.2, 0.25) is 0 Å². The van der Waals surface area contributed by atoms with Gasteiger partial charge in [-0.05, 0) is 65.2 Å². The topological polar surface area (TPSA) is 47.6 Å². The first kappa shape index (κ1) is 16.5. The number of benzene rings is 1. The minimum absolute atomic E-state index is 0.0831. The molecule has 0 spiro atoms. The van der Waals surface area contributed by atoms with Crippen LogP contribution in [0.15, 0.2) is 40.2 Å². The van der Waals surface area contributed by atoms with Crippen LogP contribution in [0, 0.1) is 0 Å². The first-order valence-electron chi connectivity index (χ1n) is 7.57. The van der Waals surface area contributed by atoms with Gasteiger partial charge in [-0.2, -0.15) is 0 Å². The summed E-state index contributed by atoms with van der Waals surface area (Å²) in [5.74, 6) is 0.680. The van der Waals surface area contributed by atoms with Crippen molar-refractivity contribution in [2.24, 2.45) is 0 Å². The Hall–Kier alpha value is -1.37. The van der Waals surface area contributed by atoms with Gasteiger partial charge in [-0.15, -0.1) is 11.3 Å². The lowest BCUT2D eigenvalue weighted by Gasteiger charge is -2.11. The van der Waals surface area contributed by atoms with E-state index >= 15 is 0 Å². The minimum atomic E-state index is -0.0831. The summed E-state index contributed by atoms with van der Waals surface area (Å²) in [7, 11) is 0. The number of rotatable bonds is 6. The van der Waals surface area contributed by atoms with Crippen LogP contribution in [0.3, 0.4) is 0 Å². The van der Waals surface area contributed by atoms with Crippen molar-refractivity contribution in [1.82, 2.24) is 5.32 Å². The first-order chi connectivity index (χ1) is 11.2. The van der Waals surface area contributed by atoms with Gasteiger partial charge in [0.25, 0.3) is 5.91 Å². The van der Waals surface area contributed by atoms with Crippen LogP contribution < -0.4 is 10.1 Å². The normalized spacial score (nSPS) is 17.2. The third kappa shape index (κ3) is 4.80. The zero-order valence-electron chi connectivity index (χ0n) is 12.6. The van der Waals surface area contributed by atoms with Crippen LogP contribution in [0.5, 0.6) is 5.75 Å². The number of hydrogen-bond donors (Lipinski definition) is 1. The van der Waals surface area contributed by atoms with Crippen LogP contribution >= 0.6 is 27.3 Å². The maximum Gasteiger partial charge on any atom is 0.251 e. The van der Waals surface area contributed by atoms with E-state index in [1.165, 1.54) is 0 Å². The fraction of sp³-hybridized carbons (Fsp3) is 0.353. The molecule has 0 radical (unpaired) electrons. The second-order valence-electron chi connectivity index (χ2n) is 5.36. The second kappa shape index (κ2) is 7.95. The van der Waals surface area contributed by atoms with Crippen molar-refractivity contribution in [2.75, 3.05) is 13.2 Å². The van der Waals surface area contributed by atoms with Gasteiger partial charge in [0.15, 0.2) is 0 Å². The number of halogens is 1. The van der Waals surface area contributed by atoms with Gasteiger partial charge in [-0.3, -0.25) is 4.79 Å². The number of nitrogens with one attached hydrogen (secondary N) is 1. The van der Waals surface area contributed by atoms with Crippen molar-refractivity contribution < 1.29 is 14.3 Å². The van der Waals surface area contributed by atoms with Crippen LogP contribution in [0.4, 0.5) is 0 Å². The minimum Gasteiger partial charge on any atom is -0.491 e. The SMILES string of the molecule is O=C(NCc1ccc(Br)s1)c1ccc(OCC2CCCO2)cc1. The highest BCUT2D eigenvalue weighted by atomic mass is 79.9. The average molecular weight is 396 g/mol. The van der Waals surface area contributed by atoms with Gasteiger partial charge in [0, 0.05) is 17.0 Å². The molecule has 1 aromatic heterocycles. The molecular formula is C17H18BrNO3S. The van der Waals surface area contributed by atoms with Crippen molar-refractivity contribution in [3.8, 4) is 5.75 Å². The molecule has 0 aliphatic carbocycles. The van der Waals surface area contributed by atoms with Gasteiger partial charge < -0.3 is 14.8 Å². The van der Waals surface area contributed by atoms with Gasteiger partial charge >= 0.3 is 0 Å². The molecule has 0 saturated carbocycles. The lowest BCUT2D eigenvalue weighted by molar-refractivity contribution is 0.0679. The molecule has 122 valence electrons. The summed E-state index contributed by atoms with van der Waals surface area (Å²) in [5, 5.41) is 2.91. The van der Waals surface area contributed by atoms with E-state index in [1.54, 1.807) is 23.5 Å². The highest BCUT2D eigenvalue weighted by Gasteiger charge is 2.16. The quantitative estimate of drug-likeness (QED) is 0.803. The predicted octanol–water partition coefficient (Wildman–Crippen LogP) is 4.00. The zero-order valence-corrected chi connectivity index (χ0v) is 15.0. The molecule has 4 nitrogen and oxygen atoms in total. The van der Waals surface area contributed by atoms with E-state index < -0.39 is 0 Å². The second-order valence-corrected chi connectivity index (χ2v) is 7.91. The van der Waals surface area contributed by atoms with Crippen LogP contribution in [0.2, 0.25) is 0 Å². The van der Waals surface area contributed by atoms with E-state index in [0.717, 1.165) is 33.9 Å². The summed E-state index contributed by atoms with van der Waals surface area (Å²) in [4.78, 5) is 13.2. The summed E-state index contributed by atoms with van der Waals surface area (Å²) in [5.41, 5.74) is 0.630. The molecule has 23 heavy (non-hydrogen) atoms. The zero-order chi connectivity index (χ0) is 16.1. The Morgan fingerprint density at radius 1 is 1.30 bits per heavy atom. The monoisotopic (exact) mass is 395 g/mol. The third-order valence-electron chi connectivity index (χ3n) is 3.63. The average Bonchev–Trinajstić information content (AvgIpc) is 3.22. The van der Waals surface area contributed by atoms with Crippen LogP contribution in [-0.4, -0.2) is 25.2 Å². The van der Waals surface area contributed by atoms with E-state index in [0.29, 0.717) is 18.7 Å². The van der Waals surface area contributed by atoms with Gasteiger partial charge in [0.05, 0.1) is 16.4 Å². The summed E-state index contributed by atoms with van der Waals surface area (Å²) in [6.07, 6.45) is 2.36. The highest BCUT2D eigenvalue weighted by molar-refractivity contribution is 9.11. The van der Waals surface area contributed by atoms with Crippen molar-refractivity contribution >= 4 is 33.2 Å². The molecule has 2 aromatic rings. The smallest absolute Gasteiger partial charge is 0.251 e. The van der Waals surface area contributed by atoms with E-state index in [-0.39, 0.29) is 12.0 Å². The van der Waals surface area contributed by atoms with Gasteiger partial charge in [-0.25, -0.2) is 0 Å². The standard InChI is InChI=1S/C17H18BrNO3S/c18-16-8-7-15(23-16)10-19-17(20)12-3-5-13(6-4-12)22-11-14-2-1-9-21-14/h3-8,14H,1-2,9-11H2,(H,19,20). The lowest BCUT2D eigenvalue weighted by Crippen LogP contribution is -2.22. The summed E-state index contributed by atoms with van der Waals surface area (Å²) in [6, 6.07) is 11.2. The molecule has 0 bridgehead atoms. The number of amides is 1. The highest BCUT2D eigenvalue weighted by Crippen LogP contribution is 2.22. The third-order valence-corrected chi connectivity index (χ3v) is 5.25. The largest absolute Gasteiger partial charge is 0.491 e. The van der Waals surface area contributed by atoms with E-state index in [4.69, 9.17) is 9.47 Å². The van der Waals surface area contributed by atoms with Crippen molar-refractivity contribution in [1.29, 1.82) is 0 Å². The Bertz CT molecular complexity index is 650. The maximum absolute atomic E-state index is 12.1. The Morgan fingerprint density at radius 2 is 2.13 bits per heavy atom. The van der Waals surface area contributed by atoms with Crippen molar-refractivity contribution in [3.05, 3.63) is 50.6 Å². The molecule has 1 unspecified atom stereocenters. The number of thiophene rings is 1. The molecule has 3 rings (SSSR count). The molecular weight excluding hydrogens is 378 g/mol. The van der Waals surface area contributed by atoms with E-state index in [1.807, 2.05) is 24.3 Å². The van der Waals surface area contributed by atoms with E-state index in [2.05, 4.69) is 21.2 Å². The molecule has 1 saturated heterocycles. The molecule has 6 heteroatoms. The predicted molar refractivity (Wildman–Crippen MR) is 94.1 cm³/mol. The van der Waals surface area contributed by atoms with Crippen molar-refractivity contribution in [3.63, 3.8) is 0 Å². The molecule has 1 aliphatic rings. The van der Waals surface area contributed by atoms with Gasteiger partial charge in [0.1, 0.15) is 12.4 Å². The Morgan fingerprint density at radius 3 is 2.78 bits per heavy atom. The molecule has 2 heterocycles. The first-order valence-corrected chi connectivity index (χ1v) is 9.18. The number of ether oxygens (including phenoxy) is 2. The Balaban J connectivity index is 1.48. The summed E-state index contributed by atoms with van der Waals surface area (Å²) >= 11 is 5.03. The number of carbonyl (C=O) groups excluding carboxylic acids is 1. The number of carbonyl (C=O) groups is 1. The van der Waals surface area contributed by atoms with E-state index in [9.17, 15) is 4.79 Å². The molecule has 1 amide bonds. The molecule has 1 aromatic carbocycles. The van der Waals surface area contributed by atoms with Crippen LogP contribution in [0.25, 0.3) is 0 Å². The summed E-state index contributed by atoms with van der Waals surface area (Å²) in [6.45, 7) is 1.93. The Kier molecular flexibility index (Phi) is 5.70. The maximum atomic E-state index is 12.1. The fourth-order valence-electron chi connectivity index (χ4n) is 2.38. The lowest BCUT2D eigenvalue weighted by atomic mass is 10.2.